The van der Waals surface area contributed by atoms with Crippen LogP contribution in [0.5, 0.6) is 0 Å². The topological polar surface area (TPSA) is 22.0 Å². The van der Waals surface area contributed by atoms with Gasteiger partial charge < -0.3 is 4.57 Å². The highest BCUT2D eigenvalue weighted by Gasteiger charge is 2.11. The number of hydrogen-bond donors (Lipinski definition) is 0. The van der Waals surface area contributed by atoms with E-state index < -0.39 is 0 Å². The lowest BCUT2D eigenvalue weighted by Gasteiger charge is -2.08. The molecule has 0 aliphatic heterocycles. The molecule has 0 fully saturated rings. The molecule has 2 heteroatoms. The fraction of sp³-hybridized carbons (Fsp3) is 0.353. The number of Topliss-reactive ketones (excluding diaryl/α,β-unsaturated/α-hetero) is 1. The Bertz CT molecular complexity index is 593. The minimum Gasteiger partial charge on any atom is -0.349 e. The van der Waals surface area contributed by atoms with Crippen LogP contribution >= 0.6 is 0 Å². The summed E-state index contributed by atoms with van der Waals surface area (Å²) in [6.45, 7) is 8.92. The van der Waals surface area contributed by atoms with Crippen molar-refractivity contribution >= 4 is 5.78 Å². The van der Waals surface area contributed by atoms with Crippen LogP contribution in [0, 0.1) is 19.8 Å². The lowest BCUT2D eigenvalue weighted by Crippen LogP contribution is -2.06. The van der Waals surface area contributed by atoms with Crippen molar-refractivity contribution in [3.05, 3.63) is 58.9 Å². The average molecular weight is 255 g/mol. The molecule has 0 saturated carbocycles. The Kier molecular flexibility index (Phi) is 3.89. The Balaban J connectivity index is 2.20. The lowest BCUT2D eigenvalue weighted by atomic mass is 10.0. The predicted molar refractivity (Wildman–Crippen MR) is 78.6 cm³/mol. The summed E-state index contributed by atoms with van der Waals surface area (Å²) in [7, 11) is 0. The van der Waals surface area contributed by atoms with Crippen LogP contribution in [0.25, 0.3) is 0 Å². The van der Waals surface area contributed by atoms with Gasteiger partial charge in [-0.3, -0.25) is 4.79 Å². The van der Waals surface area contributed by atoms with Gasteiger partial charge in [0.15, 0.2) is 5.78 Å². The van der Waals surface area contributed by atoms with Gasteiger partial charge in [0.25, 0.3) is 0 Å². The van der Waals surface area contributed by atoms with Crippen molar-refractivity contribution in [2.45, 2.75) is 34.2 Å². The maximum atomic E-state index is 11.9. The van der Waals surface area contributed by atoms with E-state index in [2.05, 4.69) is 36.6 Å². The minimum absolute atomic E-state index is 0.0524. The number of aromatic nitrogens is 1. The van der Waals surface area contributed by atoms with E-state index in [1.807, 2.05) is 32.3 Å². The molecular formula is C17H21NO. The Hall–Kier alpha value is -1.83. The maximum absolute atomic E-state index is 11.9. The standard InChI is InChI=1S/C17H21NO/c1-12(2)17(19)15-7-8-18(10-15)11-16-9-13(3)5-6-14(16)4/h5-10,12H,11H2,1-4H3. The fourth-order valence-electron chi connectivity index (χ4n) is 2.19. The molecule has 1 aromatic carbocycles. The van der Waals surface area contributed by atoms with Crippen LogP contribution in [0.2, 0.25) is 0 Å². The van der Waals surface area contributed by atoms with E-state index in [-0.39, 0.29) is 11.7 Å². The second kappa shape index (κ2) is 5.43. The summed E-state index contributed by atoms with van der Waals surface area (Å²) in [5, 5.41) is 0. The largest absolute Gasteiger partial charge is 0.349 e. The predicted octanol–water partition coefficient (Wildman–Crippen LogP) is 3.99. The second-order valence-corrected chi connectivity index (χ2v) is 5.52. The molecule has 0 aliphatic carbocycles. The zero-order valence-corrected chi connectivity index (χ0v) is 12.1. The summed E-state index contributed by atoms with van der Waals surface area (Å²) in [4.78, 5) is 11.9. The number of carbonyl (C=O) groups excluding carboxylic acids is 1. The summed E-state index contributed by atoms with van der Waals surface area (Å²) < 4.78 is 2.08. The molecule has 100 valence electrons. The van der Waals surface area contributed by atoms with Gasteiger partial charge in [-0.1, -0.05) is 37.6 Å². The average Bonchev–Trinajstić information content (AvgIpc) is 2.81. The van der Waals surface area contributed by atoms with Crippen LogP contribution in [0.3, 0.4) is 0 Å². The van der Waals surface area contributed by atoms with Crippen LogP contribution in [0.15, 0.2) is 36.7 Å². The Morgan fingerprint density at radius 1 is 1.21 bits per heavy atom. The second-order valence-electron chi connectivity index (χ2n) is 5.52. The van der Waals surface area contributed by atoms with Gasteiger partial charge in [-0.05, 0) is 31.0 Å². The van der Waals surface area contributed by atoms with Gasteiger partial charge in [-0.2, -0.15) is 0 Å². The zero-order valence-electron chi connectivity index (χ0n) is 12.1. The Labute approximate surface area is 115 Å². The number of nitrogens with zero attached hydrogens (tertiary/aromatic N) is 1. The van der Waals surface area contributed by atoms with Crippen LogP contribution in [-0.4, -0.2) is 10.4 Å². The van der Waals surface area contributed by atoms with Gasteiger partial charge in [0, 0.05) is 30.4 Å². The van der Waals surface area contributed by atoms with Gasteiger partial charge in [0.1, 0.15) is 0 Å². The normalized spacial score (nSPS) is 11.0. The highest BCUT2D eigenvalue weighted by molar-refractivity contribution is 5.97. The molecule has 0 aliphatic rings. The Morgan fingerprint density at radius 2 is 1.95 bits per heavy atom. The van der Waals surface area contributed by atoms with Gasteiger partial charge in [0.05, 0.1) is 0 Å². The van der Waals surface area contributed by atoms with E-state index in [0.717, 1.165) is 12.1 Å². The number of benzene rings is 1. The number of aryl methyl sites for hydroxylation is 2. The molecule has 0 amide bonds. The first kappa shape index (κ1) is 13.6. The monoisotopic (exact) mass is 255 g/mol. The van der Waals surface area contributed by atoms with Crippen molar-refractivity contribution in [2.24, 2.45) is 5.92 Å². The number of hydrogen-bond acceptors (Lipinski definition) is 1. The molecule has 0 saturated heterocycles. The molecule has 19 heavy (non-hydrogen) atoms. The van der Waals surface area contributed by atoms with E-state index in [1.165, 1.54) is 16.7 Å². The Morgan fingerprint density at radius 3 is 2.63 bits per heavy atom. The van der Waals surface area contributed by atoms with Gasteiger partial charge in [-0.25, -0.2) is 0 Å². The molecule has 2 rings (SSSR count). The summed E-state index contributed by atoms with van der Waals surface area (Å²) in [6.07, 6.45) is 3.93. The molecule has 0 unspecified atom stereocenters. The third-order valence-corrected chi connectivity index (χ3v) is 3.42. The van der Waals surface area contributed by atoms with Crippen molar-refractivity contribution in [1.29, 1.82) is 0 Å². The van der Waals surface area contributed by atoms with Crippen LogP contribution < -0.4 is 0 Å². The van der Waals surface area contributed by atoms with E-state index in [0.29, 0.717) is 0 Å². The molecule has 0 spiro atoms. The summed E-state index contributed by atoms with van der Waals surface area (Å²) >= 11 is 0. The summed E-state index contributed by atoms with van der Waals surface area (Å²) in [5.74, 6) is 0.260. The highest BCUT2D eigenvalue weighted by atomic mass is 16.1. The molecule has 0 radical (unpaired) electrons. The van der Waals surface area contributed by atoms with Gasteiger partial charge >= 0.3 is 0 Å². The van der Waals surface area contributed by atoms with Gasteiger partial charge in [0.2, 0.25) is 0 Å². The first-order valence-corrected chi connectivity index (χ1v) is 6.73. The molecular weight excluding hydrogens is 234 g/mol. The molecule has 1 heterocycles. The van der Waals surface area contributed by atoms with E-state index >= 15 is 0 Å². The zero-order chi connectivity index (χ0) is 14.0. The molecule has 0 N–H and O–H groups in total. The number of ketones is 1. The first-order chi connectivity index (χ1) is 8.97. The maximum Gasteiger partial charge on any atom is 0.166 e. The molecule has 1 aromatic heterocycles. The SMILES string of the molecule is Cc1ccc(C)c(Cn2ccc(C(=O)C(C)C)c2)c1. The van der Waals surface area contributed by atoms with Crippen molar-refractivity contribution in [1.82, 2.24) is 4.57 Å². The summed E-state index contributed by atoms with van der Waals surface area (Å²) in [6, 6.07) is 8.39. The van der Waals surface area contributed by atoms with Gasteiger partial charge in [-0.15, -0.1) is 0 Å². The number of carbonyl (C=O) groups is 1. The first-order valence-electron chi connectivity index (χ1n) is 6.73. The molecule has 0 bridgehead atoms. The molecule has 2 aromatic rings. The van der Waals surface area contributed by atoms with Crippen LogP contribution in [0.1, 0.15) is 40.9 Å². The third kappa shape index (κ3) is 3.14. The van der Waals surface area contributed by atoms with Crippen LogP contribution in [0.4, 0.5) is 0 Å². The van der Waals surface area contributed by atoms with E-state index in [4.69, 9.17) is 0 Å². The molecule has 0 atom stereocenters. The molecule has 2 nitrogen and oxygen atoms in total. The van der Waals surface area contributed by atoms with Crippen molar-refractivity contribution in [3.63, 3.8) is 0 Å². The third-order valence-electron chi connectivity index (χ3n) is 3.42. The lowest BCUT2D eigenvalue weighted by molar-refractivity contribution is 0.0939. The van der Waals surface area contributed by atoms with Crippen molar-refractivity contribution in [2.75, 3.05) is 0 Å². The quantitative estimate of drug-likeness (QED) is 0.757. The van der Waals surface area contributed by atoms with Crippen molar-refractivity contribution in [3.8, 4) is 0 Å². The van der Waals surface area contributed by atoms with E-state index in [9.17, 15) is 4.79 Å². The smallest absolute Gasteiger partial charge is 0.166 e. The number of rotatable bonds is 4. The minimum atomic E-state index is 0.0524. The highest BCUT2D eigenvalue weighted by Crippen LogP contribution is 2.14. The summed E-state index contributed by atoms with van der Waals surface area (Å²) in [5.41, 5.74) is 4.67. The van der Waals surface area contributed by atoms with Crippen molar-refractivity contribution < 1.29 is 4.79 Å². The van der Waals surface area contributed by atoms with E-state index in [1.54, 1.807) is 0 Å². The fourth-order valence-corrected chi connectivity index (χ4v) is 2.19. The van der Waals surface area contributed by atoms with Crippen LogP contribution in [-0.2, 0) is 6.54 Å².